The van der Waals surface area contributed by atoms with Crippen molar-refractivity contribution in [2.45, 2.75) is 36.9 Å². The Morgan fingerprint density at radius 2 is 1.14 bits per heavy atom. The summed E-state index contributed by atoms with van der Waals surface area (Å²) in [7, 11) is 6.69. The number of ether oxygens (including phenoxy) is 6. The van der Waals surface area contributed by atoms with E-state index in [0.29, 0.717) is 6.61 Å². The van der Waals surface area contributed by atoms with Gasteiger partial charge in [0.05, 0.1) is 26.9 Å². The van der Waals surface area contributed by atoms with Crippen molar-refractivity contribution in [1.29, 1.82) is 0 Å². The molecule has 6 nitrogen and oxygen atoms in total. The Hall–Kier alpha value is -2.90. The third-order valence-corrected chi connectivity index (χ3v) is 6.72. The fourth-order valence-corrected chi connectivity index (χ4v) is 4.94. The first-order valence-corrected chi connectivity index (χ1v) is 11.8. The largest absolute Gasteiger partial charge is 0.497 e. The minimum absolute atomic E-state index is 0.105. The Bertz CT molecular complexity index is 1000. The van der Waals surface area contributed by atoms with Crippen LogP contribution in [0.5, 0.6) is 11.5 Å². The summed E-state index contributed by atoms with van der Waals surface area (Å²) in [6.07, 6.45) is -0.803. The molecule has 0 radical (unpaired) electrons. The van der Waals surface area contributed by atoms with Crippen LogP contribution in [0.4, 0.5) is 0 Å². The Labute approximate surface area is 207 Å². The van der Waals surface area contributed by atoms with Gasteiger partial charge in [-0.2, -0.15) is 0 Å². The fourth-order valence-electron chi connectivity index (χ4n) is 4.94. The predicted molar refractivity (Wildman–Crippen MR) is 134 cm³/mol. The van der Waals surface area contributed by atoms with Crippen LogP contribution in [0.1, 0.15) is 23.6 Å². The summed E-state index contributed by atoms with van der Waals surface area (Å²) < 4.78 is 35.5. The van der Waals surface area contributed by atoms with E-state index in [9.17, 15) is 0 Å². The molecule has 0 N–H and O–H groups in total. The normalized spacial score (nSPS) is 22.2. The van der Waals surface area contributed by atoms with E-state index < -0.39 is 5.60 Å². The molecule has 1 saturated heterocycles. The highest BCUT2D eigenvalue weighted by molar-refractivity contribution is 5.49. The summed E-state index contributed by atoms with van der Waals surface area (Å²) >= 11 is 0. The molecule has 35 heavy (non-hydrogen) atoms. The fraction of sp³-hybridized carbons (Fsp3) is 0.379. The summed E-state index contributed by atoms with van der Waals surface area (Å²) in [6.45, 7) is 2.30. The van der Waals surface area contributed by atoms with Gasteiger partial charge < -0.3 is 28.4 Å². The molecule has 0 aromatic heterocycles. The van der Waals surface area contributed by atoms with Crippen LogP contribution in [0.3, 0.4) is 0 Å². The first-order chi connectivity index (χ1) is 17.1. The van der Waals surface area contributed by atoms with Gasteiger partial charge in [0.2, 0.25) is 0 Å². The molecule has 0 saturated carbocycles. The van der Waals surface area contributed by atoms with Gasteiger partial charge >= 0.3 is 0 Å². The van der Waals surface area contributed by atoms with Crippen LogP contribution in [-0.4, -0.2) is 59.5 Å². The third-order valence-electron chi connectivity index (χ3n) is 6.72. The highest BCUT2D eigenvalue weighted by Gasteiger charge is 2.46. The van der Waals surface area contributed by atoms with Gasteiger partial charge in [-0.15, -0.1) is 0 Å². The molecule has 1 aliphatic rings. The number of methoxy groups -OCH3 is 4. The van der Waals surface area contributed by atoms with Crippen molar-refractivity contribution in [3.05, 3.63) is 95.6 Å². The number of hydrogen-bond donors (Lipinski definition) is 0. The zero-order chi connectivity index (χ0) is 24.8. The quantitative estimate of drug-likeness (QED) is 0.389. The van der Waals surface area contributed by atoms with E-state index in [1.165, 1.54) is 0 Å². The molecule has 4 atom stereocenters. The van der Waals surface area contributed by atoms with Crippen LogP contribution in [0.2, 0.25) is 0 Å². The van der Waals surface area contributed by atoms with Gasteiger partial charge in [-0.05, 0) is 47.9 Å². The molecule has 3 aromatic rings. The zero-order valence-electron chi connectivity index (χ0n) is 21.0. The molecule has 0 amide bonds. The molecule has 0 bridgehead atoms. The van der Waals surface area contributed by atoms with Crippen LogP contribution in [0.15, 0.2) is 78.9 Å². The third kappa shape index (κ3) is 4.93. The zero-order valence-corrected chi connectivity index (χ0v) is 21.0. The monoisotopic (exact) mass is 478 g/mol. The maximum Gasteiger partial charge on any atom is 0.143 e. The first kappa shape index (κ1) is 25.2. The molecule has 6 heteroatoms. The highest BCUT2D eigenvalue weighted by atomic mass is 16.6. The van der Waals surface area contributed by atoms with Gasteiger partial charge in [-0.3, -0.25) is 0 Å². The lowest BCUT2D eigenvalue weighted by molar-refractivity contribution is -0.0879. The van der Waals surface area contributed by atoms with Crippen molar-refractivity contribution in [2.24, 2.45) is 0 Å². The van der Waals surface area contributed by atoms with Crippen LogP contribution in [0, 0.1) is 0 Å². The lowest BCUT2D eigenvalue weighted by Crippen LogP contribution is -2.41. The van der Waals surface area contributed by atoms with Crippen molar-refractivity contribution in [2.75, 3.05) is 35.0 Å². The van der Waals surface area contributed by atoms with Gasteiger partial charge in [0.15, 0.2) is 0 Å². The lowest BCUT2D eigenvalue weighted by atomic mass is 9.80. The second kappa shape index (κ2) is 11.2. The predicted octanol–water partition coefficient (Wildman–Crippen LogP) is 4.83. The van der Waals surface area contributed by atoms with Crippen molar-refractivity contribution < 1.29 is 28.4 Å². The summed E-state index contributed by atoms with van der Waals surface area (Å²) in [5, 5.41) is 0. The van der Waals surface area contributed by atoms with Crippen molar-refractivity contribution in [3.63, 3.8) is 0 Å². The molecule has 0 aliphatic carbocycles. The standard InChI is InChI=1S/C29H34O6/c1-20-27(32-4)28(33-5)26(35-20)19-34-29(21-9-7-6-8-10-21,22-11-15-24(30-2)16-12-22)23-13-17-25(31-3)18-14-23/h6-18,20,26-28H,19H2,1-5H3/t20-,26+,27+,28?/m0/s1. The molecule has 1 aliphatic heterocycles. The molecule has 0 spiro atoms. The molecule has 1 fully saturated rings. The molecule has 186 valence electrons. The van der Waals surface area contributed by atoms with Gasteiger partial charge in [0, 0.05) is 14.2 Å². The van der Waals surface area contributed by atoms with Crippen molar-refractivity contribution in [3.8, 4) is 11.5 Å². The van der Waals surface area contributed by atoms with E-state index in [1.54, 1.807) is 28.4 Å². The van der Waals surface area contributed by atoms with E-state index in [1.807, 2.05) is 73.7 Å². The maximum atomic E-state index is 6.95. The molecule has 1 unspecified atom stereocenters. The smallest absolute Gasteiger partial charge is 0.143 e. The Kier molecular flexibility index (Phi) is 8.08. The van der Waals surface area contributed by atoms with Gasteiger partial charge in [0.1, 0.15) is 35.4 Å². The van der Waals surface area contributed by atoms with Crippen LogP contribution in [0.25, 0.3) is 0 Å². The van der Waals surface area contributed by atoms with Crippen LogP contribution >= 0.6 is 0 Å². The first-order valence-electron chi connectivity index (χ1n) is 11.8. The topological polar surface area (TPSA) is 55.4 Å². The van der Waals surface area contributed by atoms with Crippen LogP contribution in [-0.2, 0) is 24.5 Å². The average Bonchev–Trinajstić information content (AvgIpc) is 3.24. The minimum Gasteiger partial charge on any atom is -0.497 e. The van der Waals surface area contributed by atoms with E-state index in [4.69, 9.17) is 28.4 Å². The summed E-state index contributed by atoms with van der Waals surface area (Å²) in [5.41, 5.74) is 2.03. The molecular weight excluding hydrogens is 444 g/mol. The Morgan fingerprint density at radius 3 is 1.60 bits per heavy atom. The number of rotatable bonds is 10. The number of hydrogen-bond acceptors (Lipinski definition) is 6. The van der Waals surface area contributed by atoms with Crippen molar-refractivity contribution in [1.82, 2.24) is 0 Å². The SMILES string of the molecule is COc1ccc(C(OC[C@H]2O[C@@H](C)[C@@H](OC)C2OC)(c2ccccc2)c2ccc(OC)cc2)cc1. The highest BCUT2D eigenvalue weighted by Crippen LogP contribution is 2.42. The second-order valence-electron chi connectivity index (χ2n) is 8.60. The summed E-state index contributed by atoms with van der Waals surface area (Å²) in [5.74, 6) is 1.56. The molecule has 1 heterocycles. The number of benzene rings is 3. The van der Waals surface area contributed by atoms with E-state index in [2.05, 4.69) is 12.1 Å². The summed E-state index contributed by atoms with van der Waals surface area (Å²) in [4.78, 5) is 0. The molecule has 4 rings (SSSR count). The van der Waals surface area contributed by atoms with E-state index in [-0.39, 0.29) is 24.4 Å². The van der Waals surface area contributed by atoms with Crippen molar-refractivity contribution >= 4 is 0 Å². The lowest BCUT2D eigenvalue weighted by Gasteiger charge is -2.37. The Balaban J connectivity index is 1.82. The minimum atomic E-state index is -0.907. The van der Waals surface area contributed by atoms with Gasteiger partial charge in [-0.25, -0.2) is 0 Å². The van der Waals surface area contributed by atoms with E-state index in [0.717, 1.165) is 28.2 Å². The van der Waals surface area contributed by atoms with Gasteiger partial charge in [-0.1, -0.05) is 54.6 Å². The van der Waals surface area contributed by atoms with Gasteiger partial charge in [0.25, 0.3) is 0 Å². The Morgan fingerprint density at radius 1 is 0.657 bits per heavy atom. The average molecular weight is 479 g/mol. The molecule has 3 aromatic carbocycles. The maximum absolute atomic E-state index is 6.95. The molecular formula is C29H34O6. The second-order valence-corrected chi connectivity index (χ2v) is 8.60. The van der Waals surface area contributed by atoms with Crippen LogP contribution < -0.4 is 9.47 Å². The summed E-state index contributed by atoms with van der Waals surface area (Å²) in [6, 6.07) is 26.2. The van der Waals surface area contributed by atoms with E-state index >= 15 is 0 Å².